The normalized spacial score (nSPS) is 13.6. The highest BCUT2D eigenvalue weighted by atomic mass is 19.1. The number of benzene rings is 2. The third-order valence-corrected chi connectivity index (χ3v) is 3.77. The molecule has 21 heavy (non-hydrogen) atoms. The van der Waals surface area contributed by atoms with Crippen molar-refractivity contribution >= 4 is 0 Å². The Morgan fingerprint density at radius 2 is 1.62 bits per heavy atom. The highest BCUT2D eigenvalue weighted by molar-refractivity contribution is 5.54. The molecule has 2 N–H and O–H groups in total. The zero-order valence-electron chi connectivity index (χ0n) is 12.5. The maximum absolute atomic E-state index is 13.6. The molecule has 112 valence electrons. The second kappa shape index (κ2) is 6.14. The van der Waals surface area contributed by atoms with Gasteiger partial charge in [0.2, 0.25) is 0 Å². The fraction of sp³-hybridized carbons (Fsp3) is 0.294. The topological polar surface area (TPSA) is 44.5 Å². The van der Waals surface area contributed by atoms with Gasteiger partial charge in [-0.3, -0.25) is 0 Å². The molecule has 0 aliphatic carbocycles. The van der Waals surface area contributed by atoms with E-state index in [0.717, 1.165) is 5.56 Å². The molecule has 4 heteroatoms. The number of halogens is 1. The van der Waals surface area contributed by atoms with Gasteiger partial charge in [-0.2, -0.15) is 0 Å². The summed E-state index contributed by atoms with van der Waals surface area (Å²) in [7, 11) is 3.17. The molecule has 0 saturated carbocycles. The van der Waals surface area contributed by atoms with E-state index in [-0.39, 0.29) is 5.82 Å². The third-order valence-electron chi connectivity index (χ3n) is 3.77. The summed E-state index contributed by atoms with van der Waals surface area (Å²) >= 11 is 0. The van der Waals surface area contributed by atoms with Crippen molar-refractivity contribution in [2.45, 2.75) is 18.9 Å². The van der Waals surface area contributed by atoms with Gasteiger partial charge >= 0.3 is 0 Å². The molecular weight excluding hydrogens is 269 g/mol. The van der Waals surface area contributed by atoms with Crippen LogP contribution >= 0.6 is 0 Å². The minimum atomic E-state index is -0.889. The molecule has 0 heterocycles. The van der Waals surface area contributed by atoms with E-state index in [0.29, 0.717) is 23.5 Å². The Bertz CT molecular complexity index is 608. The van der Waals surface area contributed by atoms with Gasteiger partial charge in [0.1, 0.15) is 17.3 Å². The average molecular weight is 289 g/mol. The molecule has 0 amide bonds. The number of hydrogen-bond acceptors (Lipinski definition) is 3. The zero-order chi connectivity index (χ0) is 15.5. The molecule has 0 radical (unpaired) electrons. The molecule has 2 aromatic rings. The fourth-order valence-electron chi connectivity index (χ4n) is 2.58. The van der Waals surface area contributed by atoms with Crippen LogP contribution in [0.15, 0.2) is 42.5 Å². The van der Waals surface area contributed by atoms with Gasteiger partial charge in [-0.05, 0) is 36.2 Å². The number of rotatable bonds is 5. The molecule has 2 rings (SSSR count). The molecular formula is C17H20FNO2. The highest BCUT2D eigenvalue weighted by Gasteiger charge is 2.34. The van der Waals surface area contributed by atoms with E-state index >= 15 is 0 Å². The Morgan fingerprint density at radius 1 is 1.05 bits per heavy atom. The van der Waals surface area contributed by atoms with Crippen LogP contribution < -0.4 is 15.2 Å². The SMILES string of the molecule is CCC(N)(c1cccc(F)c1)c1c(OC)cccc1OC. The van der Waals surface area contributed by atoms with Crippen LogP contribution in [-0.2, 0) is 5.54 Å². The number of ether oxygens (including phenoxy) is 2. The largest absolute Gasteiger partial charge is 0.496 e. The van der Waals surface area contributed by atoms with Crippen LogP contribution in [0.5, 0.6) is 11.5 Å². The maximum Gasteiger partial charge on any atom is 0.127 e. The van der Waals surface area contributed by atoms with Crippen LogP contribution in [0.4, 0.5) is 4.39 Å². The molecule has 0 saturated heterocycles. The quantitative estimate of drug-likeness (QED) is 0.917. The van der Waals surface area contributed by atoms with Gasteiger partial charge in [-0.15, -0.1) is 0 Å². The smallest absolute Gasteiger partial charge is 0.127 e. The Morgan fingerprint density at radius 3 is 2.10 bits per heavy atom. The van der Waals surface area contributed by atoms with Crippen LogP contribution in [0.3, 0.4) is 0 Å². The van der Waals surface area contributed by atoms with E-state index in [1.54, 1.807) is 20.3 Å². The first kappa shape index (κ1) is 15.3. The van der Waals surface area contributed by atoms with Crippen molar-refractivity contribution in [2.75, 3.05) is 14.2 Å². The summed E-state index contributed by atoms with van der Waals surface area (Å²) in [5.74, 6) is 0.940. The number of nitrogens with two attached hydrogens (primary N) is 1. The van der Waals surface area contributed by atoms with Gasteiger partial charge in [-0.1, -0.05) is 25.1 Å². The first-order valence-electron chi connectivity index (χ1n) is 6.83. The third kappa shape index (κ3) is 2.72. The monoisotopic (exact) mass is 289 g/mol. The second-order valence-electron chi connectivity index (χ2n) is 4.87. The van der Waals surface area contributed by atoms with Crippen molar-refractivity contribution in [1.29, 1.82) is 0 Å². The van der Waals surface area contributed by atoms with E-state index in [2.05, 4.69) is 0 Å². The number of hydrogen-bond donors (Lipinski definition) is 1. The summed E-state index contributed by atoms with van der Waals surface area (Å²) in [5.41, 5.74) is 7.16. The molecule has 0 bridgehead atoms. The molecule has 2 aromatic carbocycles. The van der Waals surface area contributed by atoms with Gasteiger partial charge < -0.3 is 15.2 Å². The van der Waals surface area contributed by atoms with Crippen molar-refractivity contribution < 1.29 is 13.9 Å². The summed E-state index contributed by atoms with van der Waals surface area (Å²) < 4.78 is 24.5. The van der Waals surface area contributed by atoms with Crippen LogP contribution in [0.1, 0.15) is 24.5 Å². The minimum absolute atomic E-state index is 0.315. The summed E-state index contributed by atoms with van der Waals surface area (Å²) in [6, 6.07) is 11.8. The maximum atomic E-state index is 13.6. The lowest BCUT2D eigenvalue weighted by Gasteiger charge is -2.32. The van der Waals surface area contributed by atoms with Crippen LogP contribution in [0.2, 0.25) is 0 Å². The standard InChI is InChI=1S/C17H20FNO2/c1-4-17(19,12-7-5-8-13(18)11-12)16-14(20-2)9-6-10-15(16)21-3/h5-11H,4,19H2,1-3H3. The van der Waals surface area contributed by atoms with E-state index in [1.165, 1.54) is 12.1 Å². The van der Waals surface area contributed by atoms with Crippen molar-refractivity contribution in [3.8, 4) is 11.5 Å². The lowest BCUT2D eigenvalue weighted by molar-refractivity contribution is 0.360. The summed E-state index contributed by atoms with van der Waals surface area (Å²) in [6.45, 7) is 1.96. The van der Waals surface area contributed by atoms with E-state index in [9.17, 15) is 4.39 Å². The van der Waals surface area contributed by atoms with Gasteiger partial charge in [0.15, 0.2) is 0 Å². The molecule has 0 fully saturated rings. The Hall–Kier alpha value is -2.07. The molecule has 0 aromatic heterocycles. The highest BCUT2D eigenvalue weighted by Crippen LogP contribution is 2.42. The van der Waals surface area contributed by atoms with E-state index in [1.807, 2.05) is 31.2 Å². The first-order chi connectivity index (χ1) is 10.1. The van der Waals surface area contributed by atoms with Crippen molar-refractivity contribution in [1.82, 2.24) is 0 Å². The predicted octanol–water partition coefficient (Wildman–Crippen LogP) is 3.46. The molecule has 1 unspecified atom stereocenters. The van der Waals surface area contributed by atoms with Gasteiger partial charge in [0.25, 0.3) is 0 Å². The molecule has 0 aliphatic rings. The van der Waals surface area contributed by atoms with E-state index < -0.39 is 5.54 Å². The first-order valence-corrected chi connectivity index (χ1v) is 6.83. The average Bonchev–Trinajstić information content (AvgIpc) is 2.53. The lowest BCUT2D eigenvalue weighted by Crippen LogP contribution is -2.38. The van der Waals surface area contributed by atoms with E-state index in [4.69, 9.17) is 15.2 Å². The zero-order valence-corrected chi connectivity index (χ0v) is 12.5. The lowest BCUT2D eigenvalue weighted by atomic mass is 9.80. The molecule has 3 nitrogen and oxygen atoms in total. The fourth-order valence-corrected chi connectivity index (χ4v) is 2.58. The predicted molar refractivity (Wildman–Crippen MR) is 81.2 cm³/mol. The molecule has 1 atom stereocenters. The second-order valence-corrected chi connectivity index (χ2v) is 4.87. The molecule has 0 spiro atoms. The Kier molecular flexibility index (Phi) is 4.48. The minimum Gasteiger partial charge on any atom is -0.496 e. The summed E-state index contributed by atoms with van der Waals surface area (Å²) in [5, 5.41) is 0. The Labute approximate surface area is 124 Å². The van der Waals surface area contributed by atoms with Gasteiger partial charge in [0.05, 0.1) is 25.3 Å². The van der Waals surface area contributed by atoms with Crippen LogP contribution in [0.25, 0.3) is 0 Å². The Balaban J connectivity index is 2.70. The molecule has 0 aliphatic heterocycles. The van der Waals surface area contributed by atoms with Crippen LogP contribution in [0, 0.1) is 5.82 Å². The summed E-state index contributed by atoms with van der Waals surface area (Å²) in [4.78, 5) is 0. The van der Waals surface area contributed by atoms with Crippen molar-refractivity contribution in [3.63, 3.8) is 0 Å². The van der Waals surface area contributed by atoms with Gasteiger partial charge in [-0.25, -0.2) is 4.39 Å². The van der Waals surface area contributed by atoms with Crippen molar-refractivity contribution in [2.24, 2.45) is 5.73 Å². The van der Waals surface area contributed by atoms with Crippen molar-refractivity contribution in [3.05, 3.63) is 59.4 Å². The summed E-state index contributed by atoms with van der Waals surface area (Å²) in [6.07, 6.45) is 0.577. The van der Waals surface area contributed by atoms with Crippen LogP contribution in [-0.4, -0.2) is 14.2 Å². The van der Waals surface area contributed by atoms with Gasteiger partial charge in [0, 0.05) is 0 Å². The number of methoxy groups -OCH3 is 2.